The van der Waals surface area contributed by atoms with E-state index in [2.05, 4.69) is 0 Å². The largest absolute Gasteiger partial charge is 0.465 e. The van der Waals surface area contributed by atoms with Crippen molar-refractivity contribution in [3.05, 3.63) is 0 Å². The van der Waals surface area contributed by atoms with Crippen molar-refractivity contribution in [3.63, 3.8) is 0 Å². The SMILES string of the molecule is CCCOC(=O)C1CC(O)C1. The summed E-state index contributed by atoms with van der Waals surface area (Å²) >= 11 is 0. The van der Waals surface area contributed by atoms with E-state index >= 15 is 0 Å². The number of rotatable bonds is 3. The molecule has 0 radical (unpaired) electrons. The van der Waals surface area contributed by atoms with E-state index in [1.807, 2.05) is 6.92 Å². The molecule has 3 nitrogen and oxygen atoms in total. The summed E-state index contributed by atoms with van der Waals surface area (Å²) in [6.07, 6.45) is 1.76. The number of aliphatic hydroxyl groups excluding tert-OH is 1. The molecular formula is C8H14O3. The highest BCUT2D eigenvalue weighted by Crippen LogP contribution is 2.28. The molecule has 1 N–H and O–H groups in total. The first-order chi connectivity index (χ1) is 5.24. The number of hydrogen-bond acceptors (Lipinski definition) is 3. The fraction of sp³-hybridized carbons (Fsp3) is 0.875. The van der Waals surface area contributed by atoms with Crippen LogP contribution in [0.3, 0.4) is 0 Å². The molecular weight excluding hydrogens is 144 g/mol. The second kappa shape index (κ2) is 3.72. The standard InChI is InChI=1S/C8H14O3/c1-2-3-11-8(10)6-4-7(9)5-6/h6-7,9H,2-5H2,1H3. The number of hydrogen-bond donors (Lipinski definition) is 1. The Morgan fingerprint density at radius 1 is 1.64 bits per heavy atom. The molecule has 1 aliphatic carbocycles. The Hall–Kier alpha value is -0.570. The molecule has 11 heavy (non-hydrogen) atoms. The van der Waals surface area contributed by atoms with Crippen LogP contribution in [0.4, 0.5) is 0 Å². The van der Waals surface area contributed by atoms with Gasteiger partial charge in [0.05, 0.1) is 18.6 Å². The lowest BCUT2D eigenvalue weighted by atomic mass is 9.83. The third kappa shape index (κ3) is 2.19. The lowest BCUT2D eigenvalue weighted by Gasteiger charge is -2.29. The van der Waals surface area contributed by atoms with Crippen molar-refractivity contribution in [2.24, 2.45) is 5.92 Å². The average molecular weight is 158 g/mol. The van der Waals surface area contributed by atoms with Crippen molar-refractivity contribution >= 4 is 5.97 Å². The summed E-state index contributed by atoms with van der Waals surface area (Å²) in [5, 5.41) is 8.88. The van der Waals surface area contributed by atoms with E-state index < -0.39 is 0 Å². The molecule has 0 amide bonds. The summed E-state index contributed by atoms with van der Waals surface area (Å²) in [7, 11) is 0. The van der Waals surface area contributed by atoms with E-state index in [1.165, 1.54) is 0 Å². The summed E-state index contributed by atoms with van der Waals surface area (Å²) < 4.78 is 4.89. The van der Waals surface area contributed by atoms with Crippen LogP contribution in [0.1, 0.15) is 26.2 Å². The summed E-state index contributed by atoms with van der Waals surface area (Å²) in [5.74, 6) is -0.172. The van der Waals surface area contributed by atoms with Crippen molar-refractivity contribution in [1.82, 2.24) is 0 Å². The van der Waals surface area contributed by atoms with Gasteiger partial charge in [0.1, 0.15) is 0 Å². The first kappa shape index (κ1) is 8.53. The summed E-state index contributed by atoms with van der Waals surface area (Å²) in [6.45, 7) is 2.47. The van der Waals surface area contributed by atoms with Gasteiger partial charge >= 0.3 is 5.97 Å². The molecule has 0 aromatic heterocycles. The van der Waals surface area contributed by atoms with Gasteiger partial charge in [-0.1, -0.05) is 6.92 Å². The molecule has 0 bridgehead atoms. The maximum Gasteiger partial charge on any atom is 0.309 e. The van der Waals surface area contributed by atoms with Gasteiger partial charge in [-0.2, -0.15) is 0 Å². The third-order valence-electron chi connectivity index (χ3n) is 1.89. The summed E-state index contributed by atoms with van der Waals surface area (Å²) in [4.78, 5) is 11.0. The predicted octanol–water partition coefficient (Wildman–Crippen LogP) is 0.711. The van der Waals surface area contributed by atoms with Crippen LogP contribution in [0.25, 0.3) is 0 Å². The van der Waals surface area contributed by atoms with Crippen LogP contribution >= 0.6 is 0 Å². The summed E-state index contributed by atoms with van der Waals surface area (Å²) in [5.41, 5.74) is 0. The molecule has 0 spiro atoms. The molecule has 1 saturated carbocycles. The number of aliphatic hydroxyl groups is 1. The van der Waals surface area contributed by atoms with Crippen LogP contribution in [0.15, 0.2) is 0 Å². The smallest absolute Gasteiger partial charge is 0.309 e. The van der Waals surface area contributed by atoms with Gasteiger partial charge in [-0.15, -0.1) is 0 Å². The van der Waals surface area contributed by atoms with Crippen LogP contribution in [0, 0.1) is 5.92 Å². The number of ether oxygens (including phenoxy) is 1. The second-order valence-electron chi connectivity index (χ2n) is 2.99. The zero-order chi connectivity index (χ0) is 8.27. The molecule has 0 atom stereocenters. The molecule has 0 aromatic carbocycles. The van der Waals surface area contributed by atoms with Crippen molar-refractivity contribution < 1.29 is 14.6 Å². The van der Waals surface area contributed by atoms with Gasteiger partial charge in [0, 0.05) is 0 Å². The first-order valence-electron chi connectivity index (χ1n) is 4.08. The Labute approximate surface area is 66.4 Å². The quantitative estimate of drug-likeness (QED) is 0.615. The molecule has 0 heterocycles. The van der Waals surface area contributed by atoms with Crippen LogP contribution in [-0.4, -0.2) is 23.8 Å². The monoisotopic (exact) mass is 158 g/mol. The molecule has 3 heteroatoms. The summed E-state index contributed by atoms with van der Waals surface area (Å²) in [6, 6.07) is 0. The van der Waals surface area contributed by atoms with Crippen molar-refractivity contribution in [1.29, 1.82) is 0 Å². The maximum atomic E-state index is 11.0. The average Bonchev–Trinajstić information content (AvgIpc) is 1.94. The van der Waals surface area contributed by atoms with Crippen LogP contribution < -0.4 is 0 Å². The zero-order valence-electron chi connectivity index (χ0n) is 6.75. The minimum absolute atomic E-state index is 0.0310. The molecule has 1 rings (SSSR count). The fourth-order valence-corrected chi connectivity index (χ4v) is 1.10. The van der Waals surface area contributed by atoms with E-state index in [9.17, 15) is 4.79 Å². The molecule has 64 valence electrons. The Kier molecular flexibility index (Phi) is 2.88. The number of esters is 1. The Morgan fingerprint density at radius 3 is 2.73 bits per heavy atom. The van der Waals surface area contributed by atoms with Gasteiger partial charge in [-0.3, -0.25) is 4.79 Å². The van der Waals surface area contributed by atoms with Crippen LogP contribution in [0.5, 0.6) is 0 Å². The minimum atomic E-state index is -0.269. The lowest BCUT2D eigenvalue weighted by Crippen LogP contribution is -2.35. The van der Waals surface area contributed by atoms with Crippen molar-refractivity contribution in [2.75, 3.05) is 6.61 Å². The van der Waals surface area contributed by atoms with Crippen molar-refractivity contribution in [3.8, 4) is 0 Å². The molecule has 0 aromatic rings. The first-order valence-corrected chi connectivity index (χ1v) is 4.08. The normalized spacial score (nSPS) is 29.3. The topological polar surface area (TPSA) is 46.5 Å². The third-order valence-corrected chi connectivity index (χ3v) is 1.89. The Balaban J connectivity index is 2.11. The van der Waals surface area contributed by atoms with Crippen LogP contribution in [0.2, 0.25) is 0 Å². The highest BCUT2D eigenvalue weighted by Gasteiger charge is 2.34. The number of carbonyl (C=O) groups is 1. The van der Waals surface area contributed by atoms with E-state index in [1.54, 1.807) is 0 Å². The Bertz CT molecular complexity index is 138. The highest BCUT2D eigenvalue weighted by molar-refractivity contribution is 5.73. The van der Waals surface area contributed by atoms with E-state index in [4.69, 9.17) is 9.84 Å². The Morgan fingerprint density at radius 2 is 2.27 bits per heavy atom. The molecule has 0 saturated heterocycles. The predicted molar refractivity (Wildman–Crippen MR) is 40.0 cm³/mol. The van der Waals surface area contributed by atoms with Gasteiger partial charge in [-0.05, 0) is 19.3 Å². The maximum absolute atomic E-state index is 11.0. The second-order valence-corrected chi connectivity index (χ2v) is 2.99. The van der Waals surface area contributed by atoms with E-state index in [-0.39, 0.29) is 18.0 Å². The van der Waals surface area contributed by atoms with Gasteiger partial charge in [0.2, 0.25) is 0 Å². The van der Waals surface area contributed by atoms with Crippen molar-refractivity contribution in [2.45, 2.75) is 32.3 Å². The molecule has 1 fully saturated rings. The lowest BCUT2D eigenvalue weighted by molar-refractivity contribution is -0.155. The zero-order valence-corrected chi connectivity index (χ0v) is 6.75. The van der Waals surface area contributed by atoms with Gasteiger partial charge in [0.25, 0.3) is 0 Å². The number of carbonyl (C=O) groups excluding carboxylic acids is 1. The highest BCUT2D eigenvalue weighted by atomic mass is 16.5. The van der Waals surface area contributed by atoms with Gasteiger partial charge < -0.3 is 9.84 Å². The molecule has 0 unspecified atom stereocenters. The molecule has 0 aliphatic heterocycles. The molecule has 1 aliphatic rings. The van der Waals surface area contributed by atoms with E-state index in [0.717, 1.165) is 6.42 Å². The van der Waals surface area contributed by atoms with Gasteiger partial charge in [-0.25, -0.2) is 0 Å². The van der Waals surface area contributed by atoms with Crippen LogP contribution in [-0.2, 0) is 9.53 Å². The van der Waals surface area contributed by atoms with Gasteiger partial charge in [0.15, 0.2) is 0 Å². The fourth-order valence-electron chi connectivity index (χ4n) is 1.10. The minimum Gasteiger partial charge on any atom is -0.465 e. The van der Waals surface area contributed by atoms with E-state index in [0.29, 0.717) is 19.4 Å².